The predicted octanol–water partition coefficient (Wildman–Crippen LogP) is 0.861. The maximum Gasteiger partial charge on any atom is 0.290 e. The normalized spacial score (nSPS) is 14.7. The molecule has 10 heteroatoms. The van der Waals surface area contributed by atoms with Gasteiger partial charge >= 0.3 is 0 Å². The molecule has 0 fully saturated rings. The van der Waals surface area contributed by atoms with E-state index < -0.39 is 32.1 Å². The molecule has 0 bridgehead atoms. The summed E-state index contributed by atoms with van der Waals surface area (Å²) in [6.45, 7) is 2.64. The average Bonchev–Trinajstić information content (AvgIpc) is 2.63. The van der Waals surface area contributed by atoms with E-state index in [4.69, 9.17) is 0 Å². The van der Waals surface area contributed by atoms with Crippen LogP contribution in [0.3, 0.4) is 0 Å². The Morgan fingerprint density at radius 2 is 1.76 bits per heavy atom. The molecule has 112 valence electrons. The van der Waals surface area contributed by atoms with Crippen molar-refractivity contribution in [2.75, 3.05) is 0 Å². The van der Waals surface area contributed by atoms with Gasteiger partial charge in [0.1, 0.15) is 0 Å². The fourth-order valence-corrected chi connectivity index (χ4v) is 2.09. The summed E-state index contributed by atoms with van der Waals surface area (Å²) in [5, 5.41) is 9.80. The zero-order valence-corrected chi connectivity index (χ0v) is 11.8. The van der Waals surface area contributed by atoms with Crippen LogP contribution in [0.1, 0.15) is 34.6 Å². The molecular weight excluding hydrogens is 304 g/mol. The molecule has 0 saturated carbocycles. The van der Waals surface area contributed by atoms with E-state index in [0.29, 0.717) is 0 Å². The Balaban J connectivity index is 2.41. The largest absolute Gasteiger partial charge is 0.290 e. The molecule has 0 spiro atoms. The van der Waals surface area contributed by atoms with Crippen molar-refractivity contribution in [2.45, 2.75) is 19.1 Å². The predicted molar refractivity (Wildman–Crippen MR) is 68.7 cm³/mol. The first kappa shape index (κ1) is 15.1. The molecular formula is C11H10N2O7S. The lowest BCUT2D eigenvalue weighted by atomic mass is 10.1. The first-order valence-electron chi connectivity index (χ1n) is 5.76. The summed E-state index contributed by atoms with van der Waals surface area (Å²) in [5.74, 6) is -2.03. The van der Waals surface area contributed by atoms with Crippen LogP contribution >= 0.6 is 0 Å². The SMILES string of the molecule is CC(C)S(=O)(=O)ON1C(=O)c2ccc([N+](=O)[O-])cc2C1=O. The molecule has 0 atom stereocenters. The molecule has 0 unspecified atom stereocenters. The van der Waals surface area contributed by atoms with E-state index in [1.807, 2.05) is 0 Å². The number of nitro benzene ring substituents is 1. The van der Waals surface area contributed by atoms with Crippen molar-refractivity contribution in [3.63, 3.8) is 0 Å². The summed E-state index contributed by atoms with van der Waals surface area (Å²) < 4.78 is 27.8. The minimum atomic E-state index is -4.14. The van der Waals surface area contributed by atoms with Gasteiger partial charge in [0.15, 0.2) is 0 Å². The molecule has 0 aromatic heterocycles. The number of hydrogen-bond donors (Lipinski definition) is 0. The Labute approximate surface area is 119 Å². The first-order chi connectivity index (χ1) is 9.65. The summed E-state index contributed by atoms with van der Waals surface area (Å²) in [4.78, 5) is 33.8. The zero-order chi connectivity index (χ0) is 15.9. The summed E-state index contributed by atoms with van der Waals surface area (Å²) in [6, 6.07) is 3.03. The summed E-state index contributed by atoms with van der Waals surface area (Å²) in [6.07, 6.45) is 0. The number of nitrogens with zero attached hydrogens (tertiary/aromatic N) is 2. The number of fused-ring (bicyclic) bond motifs is 1. The third-order valence-corrected chi connectivity index (χ3v) is 4.31. The second-order valence-corrected chi connectivity index (χ2v) is 6.59. The maximum absolute atomic E-state index is 12.0. The molecule has 1 aliphatic rings. The molecule has 0 radical (unpaired) electrons. The molecule has 0 N–H and O–H groups in total. The molecule has 1 aromatic carbocycles. The van der Waals surface area contributed by atoms with Crippen molar-refractivity contribution in [1.29, 1.82) is 0 Å². The Hall–Kier alpha value is -2.33. The number of non-ortho nitro benzene ring substituents is 1. The second-order valence-electron chi connectivity index (χ2n) is 4.51. The van der Waals surface area contributed by atoms with Crippen LogP contribution in [0, 0.1) is 10.1 Å². The highest BCUT2D eigenvalue weighted by Crippen LogP contribution is 2.28. The van der Waals surface area contributed by atoms with Crippen LogP contribution in [0.25, 0.3) is 0 Å². The average molecular weight is 314 g/mol. The van der Waals surface area contributed by atoms with Gasteiger partial charge in [-0.2, -0.15) is 8.42 Å². The first-order valence-corrected chi connectivity index (χ1v) is 7.23. The molecule has 1 heterocycles. The van der Waals surface area contributed by atoms with Crippen molar-refractivity contribution in [2.24, 2.45) is 0 Å². The lowest BCUT2D eigenvalue weighted by Crippen LogP contribution is -2.35. The summed E-state index contributed by atoms with van der Waals surface area (Å²) in [7, 11) is -4.14. The molecule has 2 amide bonds. The van der Waals surface area contributed by atoms with Gasteiger partial charge in [-0.25, -0.2) is 0 Å². The number of nitro groups is 1. The van der Waals surface area contributed by atoms with Crippen LogP contribution in [-0.4, -0.2) is 35.5 Å². The number of rotatable bonds is 4. The number of amides is 2. The molecule has 1 aliphatic heterocycles. The van der Waals surface area contributed by atoms with Crippen molar-refractivity contribution in [3.8, 4) is 0 Å². The maximum atomic E-state index is 12.0. The fourth-order valence-electron chi connectivity index (χ4n) is 1.58. The lowest BCUT2D eigenvalue weighted by Gasteiger charge is -2.14. The zero-order valence-electron chi connectivity index (χ0n) is 11.0. The number of carbonyl (C=O) groups is 2. The standard InChI is InChI=1S/C11H10N2O7S/c1-6(2)21(18,19)20-12-10(14)8-4-3-7(13(16)17)5-9(8)11(12)15/h3-6H,1-2H3. The number of imide groups is 1. The van der Waals surface area contributed by atoms with Crippen molar-refractivity contribution < 1.29 is 27.2 Å². The van der Waals surface area contributed by atoms with E-state index in [0.717, 1.165) is 18.2 Å². The second kappa shape index (κ2) is 4.90. The molecule has 0 aliphatic carbocycles. The van der Waals surface area contributed by atoms with Gasteiger partial charge in [-0.3, -0.25) is 19.7 Å². The van der Waals surface area contributed by atoms with Crippen molar-refractivity contribution in [1.82, 2.24) is 5.06 Å². The van der Waals surface area contributed by atoms with Gasteiger partial charge in [0.05, 0.1) is 21.3 Å². The highest BCUT2D eigenvalue weighted by Gasteiger charge is 2.41. The van der Waals surface area contributed by atoms with Crippen molar-refractivity contribution in [3.05, 3.63) is 39.4 Å². The summed E-state index contributed by atoms with van der Waals surface area (Å²) >= 11 is 0. The van der Waals surface area contributed by atoms with Crippen LogP contribution < -0.4 is 0 Å². The number of hydroxylamine groups is 2. The van der Waals surface area contributed by atoms with E-state index in [9.17, 15) is 28.1 Å². The monoisotopic (exact) mass is 314 g/mol. The van der Waals surface area contributed by atoms with Gasteiger partial charge in [0.25, 0.3) is 27.6 Å². The van der Waals surface area contributed by atoms with Gasteiger partial charge < -0.3 is 0 Å². The van der Waals surface area contributed by atoms with E-state index in [2.05, 4.69) is 4.28 Å². The highest BCUT2D eigenvalue weighted by atomic mass is 32.2. The van der Waals surface area contributed by atoms with E-state index in [1.165, 1.54) is 13.8 Å². The minimum Gasteiger partial charge on any atom is -0.266 e. The molecule has 9 nitrogen and oxygen atoms in total. The topological polar surface area (TPSA) is 124 Å². The van der Waals surface area contributed by atoms with Gasteiger partial charge in [-0.15, -0.1) is 9.35 Å². The number of carbonyl (C=O) groups excluding carboxylic acids is 2. The highest BCUT2D eigenvalue weighted by molar-refractivity contribution is 7.87. The molecule has 2 rings (SSSR count). The van der Waals surface area contributed by atoms with Crippen LogP contribution in [0.4, 0.5) is 5.69 Å². The Bertz CT molecular complexity index is 754. The lowest BCUT2D eigenvalue weighted by molar-refractivity contribution is -0.384. The third-order valence-electron chi connectivity index (χ3n) is 2.80. The van der Waals surface area contributed by atoms with E-state index >= 15 is 0 Å². The Morgan fingerprint density at radius 3 is 2.29 bits per heavy atom. The van der Waals surface area contributed by atoms with E-state index in [-0.39, 0.29) is 21.9 Å². The quantitative estimate of drug-likeness (QED) is 0.458. The molecule has 1 aromatic rings. The fraction of sp³-hybridized carbons (Fsp3) is 0.273. The Morgan fingerprint density at radius 1 is 1.19 bits per heavy atom. The van der Waals surface area contributed by atoms with Crippen LogP contribution in [0.5, 0.6) is 0 Å². The smallest absolute Gasteiger partial charge is 0.266 e. The van der Waals surface area contributed by atoms with E-state index in [1.54, 1.807) is 0 Å². The number of hydrogen-bond acceptors (Lipinski definition) is 7. The van der Waals surface area contributed by atoms with Crippen LogP contribution in [0.15, 0.2) is 18.2 Å². The van der Waals surface area contributed by atoms with Gasteiger partial charge in [-0.1, -0.05) is 0 Å². The number of benzene rings is 1. The molecule has 21 heavy (non-hydrogen) atoms. The van der Waals surface area contributed by atoms with Crippen molar-refractivity contribution >= 4 is 27.6 Å². The van der Waals surface area contributed by atoms with Gasteiger partial charge in [-0.05, 0) is 19.9 Å². The molecule has 0 saturated heterocycles. The third kappa shape index (κ3) is 2.50. The minimum absolute atomic E-state index is 0.101. The summed E-state index contributed by atoms with van der Waals surface area (Å²) in [5.41, 5.74) is -0.804. The van der Waals surface area contributed by atoms with Gasteiger partial charge in [0, 0.05) is 12.1 Å². The van der Waals surface area contributed by atoms with Gasteiger partial charge in [0.2, 0.25) is 0 Å². The van der Waals surface area contributed by atoms with Crippen LogP contribution in [-0.2, 0) is 14.4 Å². The Kier molecular flexibility index (Phi) is 3.51. The van der Waals surface area contributed by atoms with Crippen LogP contribution in [0.2, 0.25) is 0 Å².